The highest BCUT2D eigenvalue weighted by Crippen LogP contribution is 2.22. The normalized spacial score (nSPS) is 12.2. The van der Waals surface area contributed by atoms with Gasteiger partial charge in [0.15, 0.2) is 6.10 Å². The summed E-state index contributed by atoms with van der Waals surface area (Å²) >= 11 is 5.51. The Kier molecular flexibility index (Phi) is 6.81. The molecular weight excluding hydrogens is 248 g/mol. The number of rotatable bonds is 8. The molecule has 0 radical (unpaired) electrons. The van der Waals surface area contributed by atoms with E-state index >= 15 is 0 Å². The zero-order valence-corrected chi connectivity index (χ0v) is 11.9. The Morgan fingerprint density at radius 3 is 2.61 bits per heavy atom. The van der Waals surface area contributed by atoms with E-state index in [1.54, 1.807) is 0 Å². The molecule has 1 aromatic rings. The fraction of sp³-hybridized carbons (Fsp3) is 0.533. The molecule has 0 saturated carbocycles. The van der Waals surface area contributed by atoms with Gasteiger partial charge in [-0.15, -0.1) is 0 Å². The van der Waals surface area contributed by atoms with Gasteiger partial charge >= 0.3 is 0 Å². The van der Waals surface area contributed by atoms with E-state index in [9.17, 15) is 4.79 Å². The van der Waals surface area contributed by atoms with Crippen LogP contribution in [0.5, 0.6) is 5.75 Å². The molecule has 0 aliphatic carbocycles. The summed E-state index contributed by atoms with van der Waals surface area (Å²) in [6.45, 7) is 4.08. The minimum atomic E-state index is -0.543. The Morgan fingerprint density at radius 2 is 2.00 bits per heavy atom. The maximum absolute atomic E-state index is 11.2. The largest absolute Gasteiger partial charge is 0.481 e. The minimum Gasteiger partial charge on any atom is -0.481 e. The van der Waals surface area contributed by atoms with Crippen LogP contribution in [0.4, 0.5) is 0 Å². The lowest BCUT2D eigenvalue weighted by Gasteiger charge is -2.16. The highest BCUT2D eigenvalue weighted by Gasteiger charge is 2.16. The maximum atomic E-state index is 11.2. The molecule has 3 heteroatoms. The highest BCUT2D eigenvalue weighted by molar-refractivity contribution is 6.64. The summed E-state index contributed by atoms with van der Waals surface area (Å²) in [4.78, 5) is 11.2. The van der Waals surface area contributed by atoms with Gasteiger partial charge in [0.25, 0.3) is 5.24 Å². The first-order chi connectivity index (χ1) is 8.69. The molecule has 0 aliphatic heterocycles. The van der Waals surface area contributed by atoms with Crippen molar-refractivity contribution < 1.29 is 9.53 Å². The molecule has 1 rings (SSSR count). The average molecular weight is 269 g/mol. The van der Waals surface area contributed by atoms with Crippen LogP contribution in [0.2, 0.25) is 0 Å². The van der Waals surface area contributed by atoms with E-state index in [0.29, 0.717) is 6.42 Å². The molecule has 100 valence electrons. The van der Waals surface area contributed by atoms with Gasteiger partial charge in [0, 0.05) is 0 Å². The van der Waals surface area contributed by atoms with Crippen molar-refractivity contribution in [1.82, 2.24) is 0 Å². The Hall–Kier alpha value is -1.02. The summed E-state index contributed by atoms with van der Waals surface area (Å²) in [6, 6.07) is 7.88. The van der Waals surface area contributed by atoms with Crippen molar-refractivity contribution in [2.24, 2.45) is 0 Å². The molecular formula is C15H21ClO2. The Labute approximate surface area is 114 Å². The van der Waals surface area contributed by atoms with Crippen LogP contribution < -0.4 is 4.74 Å². The summed E-state index contributed by atoms with van der Waals surface area (Å²) in [7, 11) is 0. The zero-order chi connectivity index (χ0) is 13.4. The van der Waals surface area contributed by atoms with Crippen molar-refractivity contribution in [2.75, 3.05) is 0 Å². The van der Waals surface area contributed by atoms with E-state index in [-0.39, 0.29) is 0 Å². The lowest BCUT2D eigenvalue weighted by atomic mass is 10.1. The van der Waals surface area contributed by atoms with Crippen LogP contribution in [0.3, 0.4) is 0 Å². The van der Waals surface area contributed by atoms with Gasteiger partial charge in [-0.05, 0) is 42.5 Å². The number of halogens is 1. The molecule has 0 spiro atoms. The van der Waals surface area contributed by atoms with Gasteiger partial charge in [-0.25, -0.2) is 0 Å². The van der Waals surface area contributed by atoms with Crippen molar-refractivity contribution in [2.45, 2.75) is 52.1 Å². The number of unbranched alkanes of at least 4 members (excludes halogenated alkanes) is 2. The summed E-state index contributed by atoms with van der Waals surface area (Å²) in [6.07, 6.45) is 4.57. The van der Waals surface area contributed by atoms with Crippen LogP contribution in [-0.4, -0.2) is 11.3 Å². The van der Waals surface area contributed by atoms with Crippen LogP contribution in [-0.2, 0) is 11.2 Å². The Balaban J connectivity index is 2.71. The zero-order valence-electron chi connectivity index (χ0n) is 11.1. The van der Waals surface area contributed by atoms with Crippen molar-refractivity contribution in [1.29, 1.82) is 0 Å². The number of benzene rings is 1. The number of hydrogen-bond donors (Lipinski definition) is 0. The SMILES string of the molecule is CCCCCc1ccccc1OC(CC)C(=O)Cl. The average Bonchev–Trinajstić information content (AvgIpc) is 2.37. The fourth-order valence-corrected chi connectivity index (χ4v) is 2.03. The van der Waals surface area contributed by atoms with Crippen LogP contribution in [0.1, 0.15) is 45.1 Å². The van der Waals surface area contributed by atoms with Crippen LogP contribution >= 0.6 is 11.6 Å². The van der Waals surface area contributed by atoms with Gasteiger partial charge in [0.2, 0.25) is 0 Å². The van der Waals surface area contributed by atoms with Gasteiger partial charge < -0.3 is 4.74 Å². The number of ether oxygens (including phenoxy) is 1. The van der Waals surface area contributed by atoms with E-state index in [1.165, 1.54) is 12.8 Å². The van der Waals surface area contributed by atoms with Crippen molar-refractivity contribution in [3.05, 3.63) is 29.8 Å². The van der Waals surface area contributed by atoms with E-state index in [2.05, 4.69) is 13.0 Å². The van der Waals surface area contributed by atoms with Gasteiger partial charge in [-0.1, -0.05) is 44.9 Å². The number of hydrogen-bond acceptors (Lipinski definition) is 2. The van der Waals surface area contributed by atoms with Crippen molar-refractivity contribution in [3.63, 3.8) is 0 Å². The fourth-order valence-electron chi connectivity index (χ4n) is 1.83. The predicted octanol–water partition coefficient (Wildman–Crippen LogP) is 4.34. The molecule has 0 heterocycles. The topological polar surface area (TPSA) is 26.3 Å². The summed E-state index contributed by atoms with van der Waals surface area (Å²) in [5.41, 5.74) is 1.15. The van der Waals surface area contributed by atoms with Crippen LogP contribution in [0, 0.1) is 0 Å². The third-order valence-electron chi connectivity index (χ3n) is 2.92. The molecule has 0 fully saturated rings. The van der Waals surface area contributed by atoms with E-state index in [1.807, 2.05) is 25.1 Å². The third-order valence-corrected chi connectivity index (χ3v) is 3.16. The molecule has 0 aliphatic rings. The molecule has 1 unspecified atom stereocenters. The van der Waals surface area contributed by atoms with E-state index in [4.69, 9.17) is 16.3 Å². The summed E-state index contributed by atoms with van der Waals surface area (Å²) in [5.74, 6) is 0.787. The molecule has 0 aromatic heterocycles. The molecule has 1 atom stereocenters. The number of aryl methyl sites for hydroxylation is 1. The van der Waals surface area contributed by atoms with Crippen molar-refractivity contribution in [3.8, 4) is 5.75 Å². The first-order valence-corrected chi connectivity index (χ1v) is 7.00. The van der Waals surface area contributed by atoms with Gasteiger partial charge in [-0.2, -0.15) is 0 Å². The van der Waals surface area contributed by atoms with Crippen molar-refractivity contribution >= 4 is 16.8 Å². The molecule has 2 nitrogen and oxygen atoms in total. The van der Waals surface area contributed by atoms with Gasteiger partial charge in [0.05, 0.1) is 0 Å². The third kappa shape index (κ3) is 4.69. The molecule has 0 saturated heterocycles. The maximum Gasteiger partial charge on any atom is 0.262 e. The molecule has 18 heavy (non-hydrogen) atoms. The number of carbonyl (C=O) groups excluding carboxylic acids is 1. The summed E-state index contributed by atoms with van der Waals surface area (Å²) in [5, 5.41) is -0.430. The quantitative estimate of drug-likeness (QED) is 0.518. The molecule has 1 aromatic carbocycles. The first-order valence-electron chi connectivity index (χ1n) is 6.62. The second-order valence-corrected chi connectivity index (χ2v) is 4.76. The Morgan fingerprint density at radius 1 is 1.28 bits per heavy atom. The molecule has 0 bridgehead atoms. The minimum absolute atomic E-state index is 0.430. The predicted molar refractivity (Wildman–Crippen MR) is 75.2 cm³/mol. The number of carbonyl (C=O) groups is 1. The number of para-hydroxylation sites is 1. The second-order valence-electron chi connectivity index (χ2n) is 4.38. The molecule has 0 amide bonds. The van der Waals surface area contributed by atoms with Gasteiger partial charge in [-0.3, -0.25) is 4.79 Å². The van der Waals surface area contributed by atoms with Crippen LogP contribution in [0.15, 0.2) is 24.3 Å². The summed E-state index contributed by atoms with van der Waals surface area (Å²) < 4.78 is 5.71. The molecule has 0 N–H and O–H groups in total. The Bertz CT molecular complexity index is 377. The monoisotopic (exact) mass is 268 g/mol. The van der Waals surface area contributed by atoms with Gasteiger partial charge in [0.1, 0.15) is 5.75 Å². The van der Waals surface area contributed by atoms with E-state index in [0.717, 1.165) is 24.2 Å². The second kappa shape index (κ2) is 8.15. The smallest absolute Gasteiger partial charge is 0.262 e. The lowest BCUT2D eigenvalue weighted by Crippen LogP contribution is -2.22. The van der Waals surface area contributed by atoms with E-state index < -0.39 is 11.3 Å². The standard InChI is InChI=1S/C15H21ClO2/c1-3-5-6-9-12-10-7-8-11-14(12)18-13(4-2)15(16)17/h7-8,10-11,13H,3-6,9H2,1-2H3. The van der Waals surface area contributed by atoms with Crippen LogP contribution in [0.25, 0.3) is 0 Å². The first kappa shape index (κ1) is 15.0. The highest BCUT2D eigenvalue weighted by atomic mass is 35.5. The lowest BCUT2D eigenvalue weighted by molar-refractivity contribution is -0.117.